The normalized spacial score (nSPS) is 16.9. The van der Waals surface area contributed by atoms with Crippen LogP contribution in [0.1, 0.15) is 33.9 Å². The van der Waals surface area contributed by atoms with E-state index in [9.17, 15) is 9.59 Å². The molecule has 152 valence electrons. The van der Waals surface area contributed by atoms with Crippen LogP contribution in [-0.2, 0) is 9.59 Å². The molecule has 3 aromatic carbocycles. The highest BCUT2D eigenvalue weighted by atomic mass is 16.2. The summed E-state index contributed by atoms with van der Waals surface area (Å²) in [5.74, 6) is -0.175. The number of hydrogen-bond acceptors (Lipinski definition) is 2. The van der Waals surface area contributed by atoms with Crippen molar-refractivity contribution < 1.29 is 9.59 Å². The van der Waals surface area contributed by atoms with E-state index in [1.807, 2.05) is 94.4 Å². The fourth-order valence-corrected chi connectivity index (χ4v) is 4.20. The zero-order chi connectivity index (χ0) is 21.4. The summed E-state index contributed by atoms with van der Waals surface area (Å²) in [5, 5.41) is 0. The van der Waals surface area contributed by atoms with Crippen LogP contribution in [0.25, 0.3) is 0 Å². The summed E-state index contributed by atoms with van der Waals surface area (Å²) in [4.78, 5) is 30.6. The molecule has 0 saturated carbocycles. The Balaban J connectivity index is 1.86. The molecule has 4 heteroatoms. The fourth-order valence-electron chi connectivity index (χ4n) is 4.20. The van der Waals surface area contributed by atoms with Crippen LogP contribution in [0.2, 0.25) is 0 Å². The number of rotatable bonds is 3. The van der Waals surface area contributed by atoms with Crippen LogP contribution in [0.3, 0.4) is 0 Å². The number of piperazine rings is 1. The number of aryl methyl sites for hydroxylation is 3. The Morgan fingerprint density at radius 3 is 2.20 bits per heavy atom. The predicted octanol–water partition coefficient (Wildman–Crippen LogP) is 5.04. The molecule has 1 heterocycles. The SMILES string of the molecule is Cc1ccc(N2C(=O)CN(c3cccc(C)c3C)C(=O)[C@H]2c2ccccc2)c(C)c1. The van der Waals surface area contributed by atoms with Gasteiger partial charge in [0.2, 0.25) is 5.91 Å². The van der Waals surface area contributed by atoms with Crippen molar-refractivity contribution >= 4 is 23.2 Å². The van der Waals surface area contributed by atoms with E-state index in [1.54, 1.807) is 9.80 Å². The zero-order valence-corrected chi connectivity index (χ0v) is 17.8. The molecule has 0 aliphatic carbocycles. The number of carbonyl (C=O) groups excluding carboxylic acids is 2. The molecule has 1 aliphatic heterocycles. The standard InChI is InChI=1S/C26H26N2O2/c1-17-13-14-22(19(3)15-17)28-24(29)16-27(23-12-8-9-18(2)20(23)4)26(30)25(28)21-10-6-5-7-11-21/h5-15,25H,16H2,1-4H3/t25-/m1/s1. The molecule has 4 nitrogen and oxygen atoms in total. The summed E-state index contributed by atoms with van der Waals surface area (Å²) in [7, 11) is 0. The number of carbonyl (C=O) groups is 2. The monoisotopic (exact) mass is 398 g/mol. The van der Waals surface area contributed by atoms with Gasteiger partial charge in [-0.05, 0) is 62.1 Å². The molecule has 4 rings (SSSR count). The van der Waals surface area contributed by atoms with Crippen LogP contribution in [0.5, 0.6) is 0 Å². The van der Waals surface area contributed by atoms with Crippen molar-refractivity contribution in [1.29, 1.82) is 0 Å². The van der Waals surface area contributed by atoms with E-state index in [0.717, 1.165) is 39.2 Å². The Bertz CT molecular complexity index is 1120. The molecule has 0 spiro atoms. The molecular weight excluding hydrogens is 372 g/mol. The van der Waals surface area contributed by atoms with Crippen LogP contribution in [-0.4, -0.2) is 18.4 Å². The summed E-state index contributed by atoms with van der Waals surface area (Å²) in [5.41, 5.74) is 6.62. The van der Waals surface area contributed by atoms with Gasteiger partial charge in [0, 0.05) is 11.4 Å². The molecule has 0 N–H and O–H groups in total. The third kappa shape index (κ3) is 3.39. The molecule has 1 aliphatic rings. The Kier molecular flexibility index (Phi) is 5.17. The maximum absolute atomic E-state index is 13.8. The van der Waals surface area contributed by atoms with Crippen molar-refractivity contribution in [2.24, 2.45) is 0 Å². The third-order valence-electron chi connectivity index (χ3n) is 5.91. The largest absolute Gasteiger partial charge is 0.301 e. The zero-order valence-electron chi connectivity index (χ0n) is 17.8. The maximum Gasteiger partial charge on any atom is 0.255 e. The lowest BCUT2D eigenvalue weighted by molar-refractivity contribution is -0.128. The lowest BCUT2D eigenvalue weighted by Gasteiger charge is -2.41. The van der Waals surface area contributed by atoms with E-state index in [-0.39, 0.29) is 18.4 Å². The van der Waals surface area contributed by atoms with Gasteiger partial charge in [0.15, 0.2) is 0 Å². The third-order valence-corrected chi connectivity index (χ3v) is 5.91. The van der Waals surface area contributed by atoms with Crippen LogP contribution in [0.4, 0.5) is 11.4 Å². The van der Waals surface area contributed by atoms with Crippen LogP contribution >= 0.6 is 0 Å². The van der Waals surface area contributed by atoms with E-state index in [4.69, 9.17) is 0 Å². The number of amides is 2. The van der Waals surface area contributed by atoms with Crippen molar-refractivity contribution in [2.45, 2.75) is 33.7 Å². The molecule has 1 saturated heterocycles. The maximum atomic E-state index is 13.8. The summed E-state index contributed by atoms with van der Waals surface area (Å²) in [6.45, 7) is 8.05. The second kappa shape index (κ2) is 7.79. The molecule has 0 aromatic heterocycles. The van der Waals surface area contributed by atoms with Crippen molar-refractivity contribution in [3.63, 3.8) is 0 Å². The Labute approximate surface area is 177 Å². The van der Waals surface area contributed by atoms with Crippen molar-refractivity contribution in [2.75, 3.05) is 16.3 Å². The molecule has 0 unspecified atom stereocenters. The number of nitrogens with zero attached hydrogens (tertiary/aromatic N) is 2. The summed E-state index contributed by atoms with van der Waals surface area (Å²) in [6, 6.07) is 20.7. The van der Waals surface area contributed by atoms with E-state index in [1.165, 1.54) is 0 Å². The molecule has 1 fully saturated rings. The number of anilines is 2. The second-order valence-electron chi connectivity index (χ2n) is 8.01. The molecule has 2 amide bonds. The van der Waals surface area contributed by atoms with Gasteiger partial charge in [0.1, 0.15) is 12.6 Å². The highest BCUT2D eigenvalue weighted by Gasteiger charge is 2.42. The van der Waals surface area contributed by atoms with Crippen LogP contribution in [0, 0.1) is 27.7 Å². The Hall–Kier alpha value is -3.40. The highest BCUT2D eigenvalue weighted by Crippen LogP contribution is 2.37. The highest BCUT2D eigenvalue weighted by molar-refractivity contribution is 6.15. The van der Waals surface area contributed by atoms with Gasteiger partial charge in [-0.2, -0.15) is 0 Å². The first-order valence-electron chi connectivity index (χ1n) is 10.2. The van der Waals surface area contributed by atoms with Gasteiger partial charge in [-0.1, -0.05) is 60.2 Å². The molecule has 1 atom stereocenters. The first-order chi connectivity index (χ1) is 14.4. The van der Waals surface area contributed by atoms with E-state index < -0.39 is 6.04 Å². The van der Waals surface area contributed by atoms with Crippen LogP contribution in [0.15, 0.2) is 66.7 Å². The number of benzene rings is 3. The second-order valence-corrected chi connectivity index (χ2v) is 8.01. The van der Waals surface area contributed by atoms with Crippen molar-refractivity contribution in [3.05, 3.63) is 94.5 Å². The first kappa shape index (κ1) is 19.9. The minimum absolute atomic E-state index is 0.0276. The molecule has 3 aromatic rings. The van der Waals surface area contributed by atoms with Gasteiger partial charge < -0.3 is 4.90 Å². The van der Waals surface area contributed by atoms with Crippen LogP contribution < -0.4 is 9.80 Å². The minimum atomic E-state index is -0.700. The molecule has 0 bridgehead atoms. The lowest BCUT2D eigenvalue weighted by Crippen LogP contribution is -2.56. The first-order valence-corrected chi connectivity index (χ1v) is 10.2. The Morgan fingerprint density at radius 2 is 1.50 bits per heavy atom. The van der Waals surface area contributed by atoms with E-state index in [0.29, 0.717) is 0 Å². The van der Waals surface area contributed by atoms with E-state index in [2.05, 4.69) is 0 Å². The van der Waals surface area contributed by atoms with Crippen molar-refractivity contribution in [1.82, 2.24) is 0 Å². The molecular formula is C26H26N2O2. The molecule has 0 radical (unpaired) electrons. The van der Waals surface area contributed by atoms with Gasteiger partial charge in [-0.15, -0.1) is 0 Å². The minimum Gasteiger partial charge on any atom is -0.301 e. The average Bonchev–Trinajstić information content (AvgIpc) is 2.72. The topological polar surface area (TPSA) is 40.6 Å². The average molecular weight is 399 g/mol. The Morgan fingerprint density at radius 1 is 0.767 bits per heavy atom. The van der Waals surface area contributed by atoms with Gasteiger partial charge in [-0.25, -0.2) is 0 Å². The smallest absolute Gasteiger partial charge is 0.255 e. The predicted molar refractivity (Wildman–Crippen MR) is 121 cm³/mol. The number of hydrogen-bond donors (Lipinski definition) is 0. The van der Waals surface area contributed by atoms with Gasteiger partial charge in [-0.3, -0.25) is 14.5 Å². The molecule has 30 heavy (non-hydrogen) atoms. The van der Waals surface area contributed by atoms with Gasteiger partial charge in [0.25, 0.3) is 5.91 Å². The summed E-state index contributed by atoms with van der Waals surface area (Å²) >= 11 is 0. The van der Waals surface area contributed by atoms with E-state index >= 15 is 0 Å². The summed E-state index contributed by atoms with van der Waals surface area (Å²) in [6.07, 6.45) is 0. The lowest BCUT2D eigenvalue weighted by atomic mass is 9.97. The summed E-state index contributed by atoms with van der Waals surface area (Å²) < 4.78 is 0. The van der Waals surface area contributed by atoms with Crippen molar-refractivity contribution in [3.8, 4) is 0 Å². The van der Waals surface area contributed by atoms with Gasteiger partial charge >= 0.3 is 0 Å². The fraction of sp³-hybridized carbons (Fsp3) is 0.231. The quantitative estimate of drug-likeness (QED) is 0.620. The van der Waals surface area contributed by atoms with Gasteiger partial charge in [0.05, 0.1) is 0 Å².